The predicted molar refractivity (Wildman–Crippen MR) is 107 cm³/mol. The minimum atomic E-state index is -0.322. The first-order valence-corrected chi connectivity index (χ1v) is 10.2. The Balaban J connectivity index is 1.49. The molecule has 0 aliphatic heterocycles. The van der Waals surface area contributed by atoms with Gasteiger partial charge in [-0.15, -0.1) is 0 Å². The fraction of sp³-hybridized carbons (Fsp3) is 0.350. The zero-order valence-corrected chi connectivity index (χ0v) is 16.4. The molecule has 0 amide bonds. The third kappa shape index (κ3) is 3.00. The molecule has 1 N–H and O–H groups in total. The highest BCUT2D eigenvalue weighted by Crippen LogP contribution is 2.47. The number of pyridine rings is 2. The van der Waals surface area contributed by atoms with Gasteiger partial charge in [-0.1, -0.05) is 17.7 Å². The average Bonchev–Trinajstić information content (AvgIpc) is 3.59. The molecule has 27 heavy (non-hydrogen) atoms. The molecule has 5 nitrogen and oxygen atoms in total. The molecule has 3 aromatic rings. The van der Waals surface area contributed by atoms with Gasteiger partial charge in [0.2, 0.25) is 0 Å². The van der Waals surface area contributed by atoms with Gasteiger partial charge in [0.15, 0.2) is 5.82 Å². The lowest BCUT2D eigenvalue weighted by Crippen LogP contribution is -2.19. The first kappa shape index (κ1) is 17.1. The Morgan fingerprint density at radius 1 is 1.22 bits per heavy atom. The van der Waals surface area contributed by atoms with E-state index in [2.05, 4.69) is 27.7 Å². The smallest absolute Gasteiger partial charge is 0.163 e. The summed E-state index contributed by atoms with van der Waals surface area (Å²) in [4.78, 5) is 10.2. The first-order chi connectivity index (χ1) is 13.0. The molecule has 0 unspecified atom stereocenters. The molecule has 0 atom stereocenters. The number of halogens is 1. The summed E-state index contributed by atoms with van der Waals surface area (Å²) in [6.45, 7) is 2.22. The molecule has 0 saturated heterocycles. The van der Waals surface area contributed by atoms with Gasteiger partial charge in [0.25, 0.3) is 0 Å². The quantitative estimate of drug-likeness (QED) is 0.631. The van der Waals surface area contributed by atoms with Crippen molar-refractivity contribution >= 4 is 29.1 Å². The van der Waals surface area contributed by atoms with E-state index in [1.807, 2.05) is 35.0 Å². The molecule has 3 heterocycles. The molecule has 136 valence electrons. The van der Waals surface area contributed by atoms with E-state index in [1.165, 1.54) is 12.8 Å². The summed E-state index contributed by atoms with van der Waals surface area (Å²) in [5, 5.41) is 10.0. The topological polar surface area (TPSA) is 66.0 Å². The third-order valence-corrected chi connectivity index (χ3v) is 6.85. The van der Waals surface area contributed by atoms with Crippen molar-refractivity contribution in [3.8, 4) is 17.6 Å². The predicted octanol–water partition coefficient (Wildman–Crippen LogP) is 4.75. The molecule has 5 rings (SSSR count). The summed E-state index contributed by atoms with van der Waals surface area (Å²) in [5.41, 5.74) is 2.53. The van der Waals surface area contributed by atoms with Crippen molar-refractivity contribution < 1.29 is 0 Å². The molecule has 3 aromatic heterocycles. The lowest BCUT2D eigenvalue weighted by Gasteiger charge is -2.11. The second-order valence-corrected chi connectivity index (χ2v) is 9.04. The maximum absolute atomic E-state index is 9.36. The number of imidazole rings is 1. The van der Waals surface area contributed by atoms with Gasteiger partial charge in [0, 0.05) is 22.8 Å². The summed E-state index contributed by atoms with van der Waals surface area (Å²) < 4.78 is 5.49. The SMILES string of the molecule is CC1(NSc2cc(Cl)c3cnc(-c4ccc(C5(C#N)CC5)cn4)n3c2)CC1. The van der Waals surface area contributed by atoms with Crippen LogP contribution in [0.25, 0.3) is 17.0 Å². The zero-order chi connectivity index (χ0) is 18.6. The van der Waals surface area contributed by atoms with Crippen molar-refractivity contribution in [3.63, 3.8) is 0 Å². The summed E-state index contributed by atoms with van der Waals surface area (Å²) in [6, 6.07) is 8.31. The average molecular weight is 396 g/mol. The van der Waals surface area contributed by atoms with Gasteiger partial charge in [0.05, 0.1) is 28.2 Å². The third-order valence-electron chi connectivity index (χ3n) is 5.49. The number of nitriles is 1. The molecule has 2 saturated carbocycles. The minimum Gasteiger partial charge on any atom is -0.296 e. The summed E-state index contributed by atoms with van der Waals surface area (Å²) in [6.07, 6.45) is 9.86. The maximum atomic E-state index is 9.36. The Labute approximate surface area is 166 Å². The Morgan fingerprint density at radius 2 is 2.04 bits per heavy atom. The monoisotopic (exact) mass is 395 g/mol. The summed E-state index contributed by atoms with van der Waals surface area (Å²) >= 11 is 8.09. The summed E-state index contributed by atoms with van der Waals surface area (Å²) in [7, 11) is 0. The van der Waals surface area contributed by atoms with Crippen LogP contribution in [-0.4, -0.2) is 19.9 Å². The van der Waals surface area contributed by atoms with Crippen LogP contribution >= 0.6 is 23.5 Å². The molecule has 7 heteroatoms. The van der Waals surface area contributed by atoms with Gasteiger partial charge < -0.3 is 0 Å². The van der Waals surface area contributed by atoms with Crippen LogP contribution in [0.1, 0.15) is 38.2 Å². The van der Waals surface area contributed by atoms with Crippen LogP contribution in [0.15, 0.2) is 41.7 Å². The van der Waals surface area contributed by atoms with Crippen molar-refractivity contribution in [1.82, 2.24) is 19.1 Å². The van der Waals surface area contributed by atoms with Gasteiger partial charge in [-0.2, -0.15) is 5.26 Å². The van der Waals surface area contributed by atoms with Crippen molar-refractivity contribution in [2.45, 2.75) is 48.5 Å². The first-order valence-electron chi connectivity index (χ1n) is 9.01. The standard InChI is InChI=1S/C20H18ClN5S/c1-19(4-5-19)25-27-14-8-15(21)17-10-24-18(26(17)11-14)16-3-2-13(9-23-16)20(12-22)6-7-20/h2-3,8-11,25H,4-7H2,1H3. The second-order valence-electron chi connectivity index (χ2n) is 7.75. The lowest BCUT2D eigenvalue weighted by atomic mass is 10.00. The van der Waals surface area contributed by atoms with Gasteiger partial charge in [-0.05, 0) is 62.3 Å². The van der Waals surface area contributed by atoms with E-state index in [0.717, 1.165) is 40.3 Å². The van der Waals surface area contributed by atoms with E-state index < -0.39 is 0 Å². The number of hydrogen-bond acceptors (Lipinski definition) is 5. The van der Waals surface area contributed by atoms with E-state index in [9.17, 15) is 5.26 Å². The van der Waals surface area contributed by atoms with Crippen LogP contribution in [0.3, 0.4) is 0 Å². The molecular weight excluding hydrogens is 378 g/mol. The van der Waals surface area contributed by atoms with Crippen molar-refractivity contribution in [1.29, 1.82) is 5.26 Å². The molecule has 0 spiro atoms. The molecule has 0 radical (unpaired) electrons. The van der Waals surface area contributed by atoms with E-state index in [4.69, 9.17) is 11.6 Å². The van der Waals surface area contributed by atoms with Gasteiger partial charge in [-0.25, -0.2) is 4.98 Å². The highest BCUT2D eigenvalue weighted by atomic mass is 35.5. The number of nitrogens with zero attached hydrogens (tertiary/aromatic N) is 4. The number of fused-ring (bicyclic) bond motifs is 1. The van der Waals surface area contributed by atoms with Crippen molar-refractivity contribution in [3.05, 3.63) is 47.4 Å². The fourth-order valence-electron chi connectivity index (χ4n) is 3.15. The largest absolute Gasteiger partial charge is 0.296 e. The minimum absolute atomic E-state index is 0.237. The fourth-order valence-corrected chi connectivity index (χ4v) is 4.37. The number of aromatic nitrogens is 3. The van der Waals surface area contributed by atoms with E-state index in [0.29, 0.717) is 5.02 Å². The number of hydrogen-bond donors (Lipinski definition) is 1. The lowest BCUT2D eigenvalue weighted by molar-refractivity contribution is 0.701. The van der Waals surface area contributed by atoms with Gasteiger partial charge in [0.1, 0.15) is 5.69 Å². The van der Waals surface area contributed by atoms with E-state index in [-0.39, 0.29) is 11.0 Å². The Morgan fingerprint density at radius 3 is 2.67 bits per heavy atom. The van der Waals surface area contributed by atoms with Crippen LogP contribution in [0.5, 0.6) is 0 Å². The van der Waals surface area contributed by atoms with Crippen LogP contribution in [-0.2, 0) is 5.41 Å². The highest BCUT2D eigenvalue weighted by molar-refractivity contribution is 7.97. The van der Waals surface area contributed by atoms with Gasteiger partial charge in [-0.3, -0.25) is 14.1 Å². The Hall–Kier alpha value is -2.07. The molecular formula is C20H18ClN5S. The second kappa shape index (κ2) is 5.96. The molecule has 0 aromatic carbocycles. The highest BCUT2D eigenvalue weighted by Gasteiger charge is 2.45. The van der Waals surface area contributed by atoms with Gasteiger partial charge >= 0.3 is 0 Å². The molecule has 2 aliphatic carbocycles. The molecule has 2 fully saturated rings. The van der Waals surface area contributed by atoms with Crippen LogP contribution in [0.2, 0.25) is 5.02 Å². The van der Waals surface area contributed by atoms with Crippen LogP contribution in [0, 0.1) is 11.3 Å². The number of rotatable bonds is 5. The normalized spacial score (nSPS) is 19.0. The molecule has 2 aliphatic rings. The zero-order valence-electron chi connectivity index (χ0n) is 14.9. The maximum Gasteiger partial charge on any atom is 0.163 e. The van der Waals surface area contributed by atoms with E-state index in [1.54, 1.807) is 18.1 Å². The van der Waals surface area contributed by atoms with Crippen molar-refractivity contribution in [2.75, 3.05) is 0 Å². The molecule has 0 bridgehead atoms. The Kier molecular flexibility index (Phi) is 3.77. The summed E-state index contributed by atoms with van der Waals surface area (Å²) in [5.74, 6) is 0.750. The number of nitrogens with one attached hydrogen (secondary N) is 1. The Bertz CT molecular complexity index is 1070. The van der Waals surface area contributed by atoms with Crippen molar-refractivity contribution in [2.24, 2.45) is 0 Å². The van der Waals surface area contributed by atoms with Crippen LogP contribution < -0.4 is 4.72 Å². The van der Waals surface area contributed by atoms with E-state index >= 15 is 0 Å². The van der Waals surface area contributed by atoms with Crippen LogP contribution in [0.4, 0.5) is 0 Å².